The third-order valence-electron chi connectivity index (χ3n) is 5.56. The van der Waals surface area contributed by atoms with E-state index in [1.165, 1.54) is 0 Å². The van der Waals surface area contributed by atoms with Gasteiger partial charge in [0.2, 0.25) is 15.8 Å². The molecular weight excluding hydrogens is 426 g/mol. The van der Waals surface area contributed by atoms with Crippen LogP contribution in [0.3, 0.4) is 0 Å². The standard InChI is InChI=1S/C20H25N7O2S.C2H6/c21-12-14-1-3-15(4-2-14)17-6-5-16(11-13-7-9-23-10-8-13)19(30(22,28)29)18(17)20-24-26-27-25-20;1-2/h1-6,13,23H,7-12,21H2,(H2,22,28,29)(H,24,25,26,27);1-2H3. The van der Waals surface area contributed by atoms with Crippen molar-refractivity contribution in [3.63, 3.8) is 0 Å². The lowest BCUT2D eigenvalue weighted by Crippen LogP contribution is -2.29. The van der Waals surface area contributed by atoms with Gasteiger partial charge >= 0.3 is 0 Å². The highest BCUT2D eigenvalue weighted by Crippen LogP contribution is 2.38. The number of hydrogen-bond acceptors (Lipinski definition) is 7. The highest BCUT2D eigenvalue weighted by molar-refractivity contribution is 7.89. The van der Waals surface area contributed by atoms with Crippen molar-refractivity contribution in [3.05, 3.63) is 47.5 Å². The van der Waals surface area contributed by atoms with E-state index in [4.69, 9.17) is 10.9 Å². The summed E-state index contributed by atoms with van der Waals surface area (Å²) >= 11 is 0. The molecule has 0 bridgehead atoms. The molecule has 172 valence electrons. The number of tetrazole rings is 1. The van der Waals surface area contributed by atoms with Gasteiger partial charge in [0.1, 0.15) is 0 Å². The Morgan fingerprint density at radius 1 is 1.06 bits per heavy atom. The van der Waals surface area contributed by atoms with E-state index in [2.05, 4.69) is 25.9 Å². The highest BCUT2D eigenvalue weighted by Gasteiger charge is 2.28. The number of rotatable bonds is 6. The van der Waals surface area contributed by atoms with Crippen molar-refractivity contribution >= 4 is 10.0 Å². The van der Waals surface area contributed by atoms with Crippen molar-refractivity contribution in [1.82, 2.24) is 25.9 Å². The number of nitrogens with two attached hydrogens (primary N) is 2. The summed E-state index contributed by atoms with van der Waals surface area (Å²) in [5, 5.41) is 23.2. The third kappa shape index (κ3) is 5.39. The van der Waals surface area contributed by atoms with E-state index in [0.717, 1.165) is 37.1 Å². The topological polar surface area (TPSA) is 153 Å². The first kappa shape index (κ1) is 24.0. The van der Waals surface area contributed by atoms with Crippen molar-refractivity contribution in [2.45, 2.75) is 44.6 Å². The third-order valence-corrected chi connectivity index (χ3v) is 6.60. The molecule has 1 aliphatic heterocycles. The first-order chi connectivity index (χ1) is 15.5. The number of nitrogens with zero attached hydrogens (tertiary/aromatic N) is 3. The SMILES string of the molecule is CC.NCc1ccc(-c2ccc(CC3CCNCC3)c(S(N)(=O)=O)c2-c2nn[nH]n2)cc1. The quantitative estimate of drug-likeness (QED) is 0.442. The fourth-order valence-electron chi connectivity index (χ4n) is 4.06. The van der Waals surface area contributed by atoms with Gasteiger partial charge in [-0.15, -0.1) is 10.2 Å². The Balaban J connectivity index is 0.00000141. The molecule has 0 amide bonds. The van der Waals surface area contributed by atoms with E-state index in [9.17, 15) is 8.42 Å². The minimum atomic E-state index is -4.04. The predicted octanol–water partition coefficient (Wildman–Crippen LogP) is 2.21. The minimum Gasteiger partial charge on any atom is -0.326 e. The molecule has 0 atom stereocenters. The fraction of sp³-hybridized carbons (Fsp3) is 0.409. The van der Waals surface area contributed by atoms with Crippen LogP contribution in [0.5, 0.6) is 0 Å². The summed E-state index contributed by atoms with van der Waals surface area (Å²) in [5.41, 5.74) is 9.25. The lowest BCUT2D eigenvalue weighted by Gasteiger charge is -2.24. The molecule has 1 fully saturated rings. The van der Waals surface area contributed by atoms with Gasteiger partial charge < -0.3 is 11.1 Å². The van der Waals surface area contributed by atoms with Crippen LogP contribution in [-0.2, 0) is 23.0 Å². The van der Waals surface area contributed by atoms with Gasteiger partial charge in [-0.05, 0) is 65.7 Å². The number of aromatic amines is 1. The van der Waals surface area contributed by atoms with Crippen molar-refractivity contribution < 1.29 is 8.42 Å². The maximum absolute atomic E-state index is 12.8. The molecule has 3 aromatic rings. The first-order valence-corrected chi connectivity index (χ1v) is 12.4. The maximum atomic E-state index is 12.8. The van der Waals surface area contributed by atoms with Crippen LogP contribution in [0.2, 0.25) is 0 Å². The molecule has 0 saturated carbocycles. The molecule has 1 aromatic heterocycles. The molecule has 0 spiro atoms. The van der Waals surface area contributed by atoms with Gasteiger partial charge in [-0.2, -0.15) is 5.21 Å². The van der Waals surface area contributed by atoms with E-state index in [0.29, 0.717) is 35.6 Å². The van der Waals surface area contributed by atoms with E-state index in [1.54, 1.807) is 0 Å². The maximum Gasteiger partial charge on any atom is 0.239 e. The van der Waals surface area contributed by atoms with E-state index in [-0.39, 0.29) is 10.7 Å². The summed E-state index contributed by atoms with van der Waals surface area (Å²) in [4.78, 5) is 0.0721. The number of benzene rings is 2. The highest BCUT2D eigenvalue weighted by atomic mass is 32.2. The van der Waals surface area contributed by atoms with Gasteiger partial charge in [-0.1, -0.05) is 50.2 Å². The molecule has 2 heterocycles. The van der Waals surface area contributed by atoms with Gasteiger partial charge in [0.25, 0.3) is 0 Å². The largest absolute Gasteiger partial charge is 0.326 e. The van der Waals surface area contributed by atoms with E-state index in [1.807, 2.05) is 50.2 Å². The number of nitrogens with one attached hydrogen (secondary N) is 2. The van der Waals surface area contributed by atoms with Crippen LogP contribution < -0.4 is 16.2 Å². The molecule has 1 saturated heterocycles. The Hall–Kier alpha value is -2.66. The number of H-pyrrole nitrogens is 1. The molecular formula is C22H31N7O2S. The average molecular weight is 458 g/mol. The molecule has 0 aliphatic carbocycles. The normalized spacial score (nSPS) is 14.6. The van der Waals surface area contributed by atoms with Gasteiger partial charge in [-0.3, -0.25) is 0 Å². The van der Waals surface area contributed by atoms with Crippen LogP contribution in [0.4, 0.5) is 0 Å². The lowest BCUT2D eigenvalue weighted by atomic mass is 9.88. The predicted molar refractivity (Wildman–Crippen MR) is 125 cm³/mol. The molecule has 0 radical (unpaired) electrons. The van der Waals surface area contributed by atoms with Crippen molar-refractivity contribution in [1.29, 1.82) is 0 Å². The van der Waals surface area contributed by atoms with Crippen molar-refractivity contribution in [3.8, 4) is 22.5 Å². The zero-order chi connectivity index (χ0) is 23.1. The number of piperidine rings is 1. The molecule has 0 unspecified atom stereocenters. The molecule has 2 aromatic carbocycles. The van der Waals surface area contributed by atoms with Crippen molar-refractivity contribution in [2.75, 3.05) is 13.1 Å². The summed E-state index contributed by atoms with van der Waals surface area (Å²) in [5.74, 6) is 0.587. The Morgan fingerprint density at radius 2 is 1.75 bits per heavy atom. The van der Waals surface area contributed by atoms with Gasteiger partial charge in [-0.25, -0.2) is 13.6 Å². The van der Waals surface area contributed by atoms with Gasteiger partial charge in [0, 0.05) is 6.54 Å². The second-order valence-corrected chi connectivity index (χ2v) is 9.05. The van der Waals surface area contributed by atoms with Crippen LogP contribution >= 0.6 is 0 Å². The zero-order valence-electron chi connectivity index (χ0n) is 18.5. The van der Waals surface area contributed by atoms with Gasteiger partial charge in [0.15, 0.2) is 0 Å². The van der Waals surface area contributed by atoms with E-state index < -0.39 is 10.0 Å². The Bertz CT molecular complexity index is 1110. The Morgan fingerprint density at radius 3 is 2.31 bits per heavy atom. The van der Waals surface area contributed by atoms with Crippen LogP contribution in [-0.4, -0.2) is 42.1 Å². The van der Waals surface area contributed by atoms with Crippen LogP contribution in [0.1, 0.15) is 37.8 Å². The van der Waals surface area contributed by atoms with Crippen LogP contribution in [0.25, 0.3) is 22.5 Å². The number of primary sulfonamides is 1. The van der Waals surface area contributed by atoms with Crippen LogP contribution in [0, 0.1) is 5.92 Å². The number of sulfonamides is 1. The van der Waals surface area contributed by atoms with E-state index >= 15 is 0 Å². The molecule has 6 N–H and O–H groups in total. The zero-order valence-corrected chi connectivity index (χ0v) is 19.3. The van der Waals surface area contributed by atoms with Crippen molar-refractivity contribution in [2.24, 2.45) is 16.8 Å². The first-order valence-electron chi connectivity index (χ1n) is 10.9. The summed E-state index contributed by atoms with van der Waals surface area (Å²) in [6.45, 7) is 6.28. The molecule has 1 aliphatic rings. The second-order valence-electron chi connectivity index (χ2n) is 7.56. The minimum absolute atomic E-state index is 0.0721. The van der Waals surface area contributed by atoms with Gasteiger partial charge in [0.05, 0.1) is 10.5 Å². The lowest BCUT2D eigenvalue weighted by molar-refractivity contribution is 0.371. The fourth-order valence-corrected chi connectivity index (χ4v) is 5.06. The molecule has 9 nitrogen and oxygen atoms in total. The number of aromatic nitrogens is 4. The number of hydrogen-bond donors (Lipinski definition) is 4. The smallest absolute Gasteiger partial charge is 0.239 e. The summed E-state index contributed by atoms with van der Waals surface area (Å²) in [6, 6.07) is 11.4. The average Bonchev–Trinajstić information content (AvgIpc) is 3.35. The Labute approximate surface area is 189 Å². The Kier molecular flexibility index (Phi) is 8.08. The molecule has 32 heavy (non-hydrogen) atoms. The second kappa shape index (κ2) is 10.8. The summed E-state index contributed by atoms with van der Waals surface area (Å²) in [6.07, 6.45) is 2.61. The van der Waals surface area contributed by atoms with Crippen LogP contribution in [0.15, 0.2) is 41.3 Å². The molecule has 10 heteroatoms. The molecule has 4 rings (SSSR count). The monoisotopic (exact) mass is 457 g/mol. The summed E-state index contributed by atoms with van der Waals surface area (Å²) < 4.78 is 25.5. The summed E-state index contributed by atoms with van der Waals surface area (Å²) in [7, 11) is -4.04.